The Kier molecular flexibility index (Phi) is 8.80. The fraction of sp³-hybridized carbons (Fsp3) is 0.424. The van der Waals surface area contributed by atoms with Crippen LogP contribution in [0.5, 0.6) is 11.5 Å². The molecule has 2 aliphatic heterocycles. The van der Waals surface area contributed by atoms with E-state index in [0.717, 1.165) is 30.8 Å². The number of carbonyl (C=O) groups excluding carboxylic acids is 1. The molecule has 0 radical (unpaired) electrons. The molecule has 0 spiro atoms. The molecule has 9 heteroatoms. The van der Waals surface area contributed by atoms with Crippen molar-refractivity contribution < 1.29 is 22.7 Å². The van der Waals surface area contributed by atoms with Gasteiger partial charge in [-0.25, -0.2) is 8.42 Å². The van der Waals surface area contributed by atoms with Crippen LogP contribution in [0.15, 0.2) is 71.6 Å². The number of rotatable bonds is 8. The summed E-state index contributed by atoms with van der Waals surface area (Å²) in [5.41, 5.74) is 3.39. The molecular weight excluding hydrogens is 550 g/mol. The van der Waals surface area contributed by atoms with Crippen molar-refractivity contribution in [2.45, 2.75) is 69.5 Å². The van der Waals surface area contributed by atoms with Crippen molar-refractivity contribution in [1.82, 2.24) is 10.2 Å². The topological polar surface area (TPSA) is 88.2 Å². The number of ether oxygens (including phenoxy) is 2. The van der Waals surface area contributed by atoms with Crippen molar-refractivity contribution in [1.29, 1.82) is 0 Å². The number of amides is 1. The van der Waals surface area contributed by atoms with Crippen LogP contribution in [-0.4, -0.2) is 52.1 Å². The third-order valence-electron chi connectivity index (χ3n) is 7.95. The number of benzene rings is 3. The molecule has 0 aliphatic carbocycles. The fourth-order valence-corrected chi connectivity index (χ4v) is 6.94. The minimum Gasteiger partial charge on any atom is -0.497 e. The van der Waals surface area contributed by atoms with Gasteiger partial charge < -0.3 is 14.8 Å². The molecule has 0 bridgehead atoms. The van der Waals surface area contributed by atoms with E-state index in [-0.39, 0.29) is 22.8 Å². The predicted molar refractivity (Wildman–Crippen MR) is 165 cm³/mol. The molecule has 3 aromatic rings. The molecular formula is C33H41N3O5S. The number of fused-ring (bicyclic) bond motifs is 1. The molecule has 224 valence electrons. The van der Waals surface area contributed by atoms with Gasteiger partial charge in [0.2, 0.25) is 0 Å². The molecule has 1 unspecified atom stereocenters. The lowest BCUT2D eigenvalue weighted by Gasteiger charge is -2.36. The Morgan fingerprint density at radius 3 is 2.38 bits per heavy atom. The molecule has 1 atom stereocenters. The molecule has 42 heavy (non-hydrogen) atoms. The van der Waals surface area contributed by atoms with Gasteiger partial charge in [-0.15, -0.1) is 0 Å². The Hall–Kier alpha value is -3.56. The van der Waals surface area contributed by atoms with Crippen molar-refractivity contribution in [3.8, 4) is 11.5 Å². The Balaban J connectivity index is 1.36. The maximum absolute atomic E-state index is 14.0. The van der Waals surface area contributed by atoms with E-state index in [1.54, 1.807) is 18.2 Å². The van der Waals surface area contributed by atoms with Crippen LogP contribution < -0.4 is 19.1 Å². The second-order valence-corrected chi connectivity index (χ2v) is 14.0. The molecule has 1 saturated heterocycles. The number of sulfonamides is 1. The third kappa shape index (κ3) is 6.73. The zero-order valence-electron chi connectivity index (χ0n) is 24.9. The van der Waals surface area contributed by atoms with Crippen molar-refractivity contribution >= 4 is 21.6 Å². The number of anilines is 1. The molecule has 0 saturated carbocycles. The molecule has 1 N–H and O–H groups in total. The largest absolute Gasteiger partial charge is 0.497 e. The maximum Gasteiger partial charge on any atom is 0.264 e. The normalized spacial score (nSPS) is 17.7. The maximum atomic E-state index is 14.0. The number of carbonyl (C=O) groups is 1. The van der Waals surface area contributed by atoms with Crippen LogP contribution in [0, 0.1) is 0 Å². The minimum atomic E-state index is -4.00. The Labute approximate surface area is 249 Å². The fourth-order valence-electron chi connectivity index (χ4n) is 5.47. The van der Waals surface area contributed by atoms with Crippen molar-refractivity contribution in [2.75, 3.05) is 31.0 Å². The highest BCUT2D eigenvalue weighted by Crippen LogP contribution is 2.40. The number of hydrogen-bond donors (Lipinski definition) is 1. The second kappa shape index (κ2) is 12.4. The van der Waals surface area contributed by atoms with Crippen LogP contribution in [0.4, 0.5) is 5.69 Å². The van der Waals surface area contributed by atoms with E-state index in [1.807, 2.05) is 24.3 Å². The van der Waals surface area contributed by atoms with E-state index in [1.165, 1.54) is 48.4 Å². The second-order valence-electron chi connectivity index (χ2n) is 12.1. The first-order chi connectivity index (χ1) is 20.0. The monoisotopic (exact) mass is 591 g/mol. The van der Waals surface area contributed by atoms with E-state index < -0.39 is 16.1 Å². The van der Waals surface area contributed by atoms with Gasteiger partial charge in [-0.05, 0) is 84.4 Å². The van der Waals surface area contributed by atoms with Gasteiger partial charge >= 0.3 is 0 Å². The molecule has 1 fully saturated rings. The number of piperidine rings is 1. The summed E-state index contributed by atoms with van der Waals surface area (Å²) in [7, 11) is -2.47. The molecule has 5 rings (SSSR count). The minimum absolute atomic E-state index is 0.113. The highest BCUT2D eigenvalue weighted by atomic mass is 32.2. The lowest BCUT2D eigenvalue weighted by atomic mass is 9.86. The van der Waals surface area contributed by atoms with Gasteiger partial charge in [-0.3, -0.25) is 14.0 Å². The van der Waals surface area contributed by atoms with Gasteiger partial charge in [0.1, 0.15) is 11.5 Å². The van der Waals surface area contributed by atoms with Crippen molar-refractivity contribution in [2.24, 2.45) is 0 Å². The highest BCUT2D eigenvalue weighted by Gasteiger charge is 2.38. The zero-order valence-corrected chi connectivity index (χ0v) is 25.7. The lowest BCUT2D eigenvalue weighted by molar-refractivity contribution is -0.127. The van der Waals surface area contributed by atoms with E-state index >= 15 is 0 Å². The molecule has 2 aliphatic rings. The van der Waals surface area contributed by atoms with Gasteiger partial charge in [0, 0.05) is 13.1 Å². The summed E-state index contributed by atoms with van der Waals surface area (Å²) in [5.74, 6) is 0.551. The first-order valence-electron chi connectivity index (χ1n) is 14.6. The Bertz CT molecular complexity index is 1510. The average Bonchev–Trinajstić information content (AvgIpc) is 2.99. The highest BCUT2D eigenvalue weighted by molar-refractivity contribution is 7.92. The first kappa shape index (κ1) is 29.9. The number of hydrogen-bond acceptors (Lipinski definition) is 6. The molecule has 2 heterocycles. The van der Waals surface area contributed by atoms with E-state index in [4.69, 9.17) is 9.47 Å². The molecule has 8 nitrogen and oxygen atoms in total. The standard InChI is InChI=1S/C33H41N3O5S/c1-33(2,3)26-11-16-30-29(20-26)36(42(38,39)28-14-12-27(40-4)13-15-28)23-31(41-30)32(37)34-21-24-9-8-10-25(19-24)22-35-17-6-5-7-18-35/h8-16,19-20,31H,5-7,17-18,21-23H2,1-4H3,(H,34,37). The summed E-state index contributed by atoms with van der Waals surface area (Å²) < 4.78 is 40.5. The lowest BCUT2D eigenvalue weighted by Crippen LogP contribution is -2.50. The van der Waals surface area contributed by atoms with Gasteiger partial charge in [0.15, 0.2) is 6.10 Å². The van der Waals surface area contributed by atoms with Crippen LogP contribution >= 0.6 is 0 Å². The molecule has 0 aromatic heterocycles. The summed E-state index contributed by atoms with van der Waals surface area (Å²) in [6.45, 7) is 9.53. The van der Waals surface area contributed by atoms with E-state index in [0.29, 0.717) is 23.7 Å². The summed E-state index contributed by atoms with van der Waals surface area (Å²) in [5, 5.41) is 2.98. The smallest absolute Gasteiger partial charge is 0.264 e. The van der Waals surface area contributed by atoms with Crippen LogP contribution in [0.2, 0.25) is 0 Å². The van der Waals surface area contributed by atoms with Gasteiger partial charge in [-0.1, -0.05) is 57.5 Å². The summed E-state index contributed by atoms with van der Waals surface area (Å²) in [4.78, 5) is 16.0. The summed E-state index contributed by atoms with van der Waals surface area (Å²) >= 11 is 0. The van der Waals surface area contributed by atoms with Gasteiger partial charge in [-0.2, -0.15) is 0 Å². The number of nitrogens with one attached hydrogen (secondary N) is 1. The zero-order chi connectivity index (χ0) is 29.9. The third-order valence-corrected chi connectivity index (χ3v) is 9.74. The van der Waals surface area contributed by atoms with Gasteiger partial charge in [0.05, 0.1) is 24.2 Å². The average molecular weight is 592 g/mol. The first-order valence-corrected chi connectivity index (χ1v) is 16.0. The quantitative estimate of drug-likeness (QED) is 0.385. The number of methoxy groups -OCH3 is 1. The predicted octanol–water partition coefficient (Wildman–Crippen LogP) is 5.25. The van der Waals surface area contributed by atoms with Crippen molar-refractivity contribution in [3.05, 3.63) is 83.4 Å². The summed E-state index contributed by atoms with van der Waals surface area (Å²) in [6.07, 6.45) is 2.77. The Morgan fingerprint density at radius 1 is 0.976 bits per heavy atom. The number of likely N-dealkylation sites (tertiary alicyclic amines) is 1. The van der Waals surface area contributed by atoms with E-state index in [2.05, 4.69) is 43.1 Å². The van der Waals surface area contributed by atoms with Crippen molar-refractivity contribution in [3.63, 3.8) is 0 Å². The molecule has 1 amide bonds. The Morgan fingerprint density at radius 2 is 1.69 bits per heavy atom. The van der Waals surface area contributed by atoms with Crippen LogP contribution in [-0.2, 0) is 33.3 Å². The van der Waals surface area contributed by atoms with Gasteiger partial charge in [0.25, 0.3) is 15.9 Å². The van der Waals surface area contributed by atoms with Crippen LogP contribution in [0.1, 0.15) is 56.7 Å². The van der Waals surface area contributed by atoms with E-state index in [9.17, 15) is 13.2 Å². The summed E-state index contributed by atoms with van der Waals surface area (Å²) in [6, 6.07) is 20.0. The SMILES string of the molecule is COc1ccc(S(=O)(=O)N2CC(C(=O)NCc3cccc(CN4CCCCC4)c3)Oc3ccc(C(C)(C)C)cc32)cc1. The molecule has 3 aromatic carbocycles. The number of nitrogens with zero attached hydrogens (tertiary/aromatic N) is 2. The van der Waals surface area contributed by atoms with Crippen LogP contribution in [0.25, 0.3) is 0 Å². The van der Waals surface area contributed by atoms with Crippen LogP contribution in [0.3, 0.4) is 0 Å².